The van der Waals surface area contributed by atoms with E-state index in [1.54, 1.807) is 6.92 Å². The second kappa shape index (κ2) is 6.85. The number of rotatable bonds is 5. The molecular weight excluding hydrogens is 264 g/mol. The van der Waals surface area contributed by atoms with Gasteiger partial charge in [-0.15, -0.1) is 0 Å². The van der Waals surface area contributed by atoms with Gasteiger partial charge in [0.25, 0.3) is 5.79 Å². The molecule has 1 aliphatic rings. The molecule has 0 spiro atoms. The molecule has 1 aliphatic heterocycles. The van der Waals surface area contributed by atoms with Gasteiger partial charge in [-0.05, 0) is 11.8 Å². The highest BCUT2D eigenvalue weighted by atomic mass is 16.7. The van der Waals surface area contributed by atoms with E-state index >= 15 is 0 Å². The van der Waals surface area contributed by atoms with Crippen molar-refractivity contribution in [3.63, 3.8) is 0 Å². The Morgan fingerprint density at radius 1 is 1.45 bits per heavy atom. The number of methoxy groups -OCH3 is 2. The predicted octanol–water partition coefficient (Wildman–Crippen LogP) is 0.552. The molecule has 0 saturated carbocycles. The molecule has 2 N–H and O–H groups in total. The van der Waals surface area contributed by atoms with Crippen LogP contribution in [0.25, 0.3) is 0 Å². The lowest BCUT2D eigenvalue weighted by molar-refractivity contribution is -0.298. The maximum Gasteiger partial charge on any atom is 0.366 e. The molecule has 1 saturated heterocycles. The minimum atomic E-state index is -1.44. The molecular formula is C14H26O6. The summed E-state index contributed by atoms with van der Waals surface area (Å²) in [7, 11) is 2.69. The second-order valence-corrected chi connectivity index (χ2v) is 5.68. The molecule has 1 fully saturated rings. The Morgan fingerprint density at radius 2 is 2.05 bits per heavy atom. The van der Waals surface area contributed by atoms with Crippen LogP contribution in [0.5, 0.6) is 0 Å². The second-order valence-electron chi connectivity index (χ2n) is 5.68. The van der Waals surface area contributed by atoms with E-state index in [1.165, 1.54) is 14.2 Å². The number of esters is 1. The monoisotopic (exact) mass is 290 g/mol. The summed E-state index contributed by atoms with van der Waals surface area (Å²) in [5.41, 5.74) is 0. The smallest absolute Gasteiger partial charge is 0.366 e. The summed E-state index contributed by atoms with van der Waals surface area (Å²) >= 11 is 0. The quantitative estimate of drug-likeness (QED) is 0.719. The molecule has 0 aromatic carbocycles. The van der Waals surface area contributed by atoms with Gasteiger partial charge in [0.05, 0.1) is 25.9 Å². The zero-order chi connectivity index (χ0) is 15.5. The fourth-order valence-electron chi connectivity index (χ4n) is 2.78. The summed E-state index contributed by atoms with van der Waals surface area (Å²) in [4.78, 5) is 12.0. The largest absolute Gasteiger partial charge is 0.465 e. The van der Waals surface area contributed by atoms with Crippen LogP contribution in [0.2, 0.25) is 0 Å². The van der Waals surface area contributed by atoms with Gasteiger partial charge in [0.2, 0.25) is 0 Å². The zero-order valence-corrected chi connectivity index (χ0v) is 12.8. The third-order valence-corrected chi connectivity index (χ3v) is 4.47. The van der Waals surface area contributed by atoms with E-state index in [-0.39, 0.29) is 24.4 Å². The lowest BCUT2D eigenvalue weighted by Gasteiger charge is -2.46. The first-order valence-electron chi connectivity index (χ1n) is 6.93. The summed E-state index contributed by atoms with van der Waals surface area (Å²) in [6.07, 6.45) is -0.907. The van der Waals surface area contributed by atoms with E-state index in [0.29, 0.717) is 6.42 Å². The van der Waals surface area contributed by atoms with Crippen molar-refractivity contribution in [2.45, 2.75) is 45.2 Å². The van der Waals surface area contributed by atoms with Crippen LogP contribution in [-0.2, 0) is 19.0 Å². The van der Waals surface area contributed by atoms with Gasteiger partial charge >= 0.3 is 5.97 Å². The number of hydrogen-bond donors (Lipinski definition) is 2. The van der Waals surface area contributed by atoms with Gasteiger partial charge < -0.3 is 24.4 Å². The number of ether oxygens (including phenoxy) is 3. The summed E-state index contributed by atoms with van der Waals surface area (Å²) in [5.74, 6) is -2.05. The van der Waals surface area contributed by atoms with Gasteiger partial charge in [0.15, 0.2) is 0 Å². The molecule has 2 unspecified atom stereocenters. The van der Waals surface area contributed by atoms with Crippen molar-refractivity contribution < 1.29 is 29.2 Å². The molecule has 118 valence electrons. The minimum Gasteiger partial charge on any atom is -0.465 e. The van der Waals surface area contributed by atoms with Crippen molar-refractivity contribution in [1.82, 2.24) is 0 Å². The lowest BCUT2D eigenvalue weighted by Crippen LogP contribution is -2.57. The van der Waals surface area contributed by atoms with Crippen molar-refractivity contribution in [2.75, 3.05) is 20.8 Å². The first-order valence-corrected chi connectivity index (χ1v) is 6.93. The Labute approximate surface area is 120 Å². The van der Waals surface area contributed by atoms with Crippen molar-refractivity contribution in [3.05, 3.63) is 0 Å². The standard InChI is InChI=1S/C14H26O6/c1-8-6-14(19-5,13(17)18-4)20-12(9(8)2)10(3)11(16)7-15/h8-12,15-16H,6-7H2,1-5H3/t8-,9+,10+,11-,12?,14?/m0/s1. The molecule has 1 rings (SSSR count). The average molecular weight is 290 g/mol. The van der Waals surface area contributed by atoms with E-state index in [1.807, 2.05) is 13.8 Å². The molecule has 20 heavy (non-hydrogen) atoms. The SMILES string of the molecule is COC(=O)C1(OC)C[C@H](C)[C@@H](C)C([C@H](C)[C@@H](O)CO)O1. The van der Waals surface area contributed by atoms with Crippen LogP contribution in [0.1, 0.15) is 27.2 Å². The molecule has 6 heteroatoms. The third-order valence-electron chi connectivity index (χ3n) is 4.47. The zero-order valence-electron chi connectivity index (χ0n) is 12.8. The van der Waals surface area contributed by atoms with Crippen LogP contribution >= 0.6 is 0 Å². The van der Waals surface area contributed by atoms with Crippen LogP contribution < -0.4 is 0 Å². The molecule has 0 radical (unpaired) electrons. The lowest BCUT2D eigenvalue weighted by atomic mass is 9.76. The van der Waals surface area contributed by atoms with E-state index in [2.05, 4.69) is 0 Å². The first-order chi connectivity index (χ1) is 9.32. The Bertz CT molecular complexity index is 334. The molecule has 0 aromatic rings. The summed E-state index contributed by atoms with van der Waals surface area (Å²) in [6.45, 7) is 5.46. The topological polar surface area (TPSA) is 85.2 Å². The molecule has 0 aliphatic carbocycles. The molecule has 0 amide bonds. The van der Waals surface area contributed by atoms with E-state index < -0.39 is 24.0 Å². The molecule has 0 aromatic heterocycles. The van der Waals surface area contributed by atoms with Gasteiger partial charge in [-0.1, -0.05) is 20.8 Å². The van der Waals surface area contributed by atoms with Crippen LogP contribution in [0.3, 0.4) is 0 Å². The van der Waals surface area contributed by atoms with Crippen molar-refractivity contribution in [1.29, 1.82) is 0 Å². The Hall–Kier alpha value is -0.690. The predicted molar refractivity (Wildman–Crippen MR) is 71.8 cm³/mol. The molecule has 6 atom stereocenters. The van der Waals surface area contributed by atoms with Crippen LogP contribution in [0, 0.1) is 17.8 Å². The summed E-state index contributed by atoms with van der Waals surface area (Å²) in [5, 5.41) is 18.9. The number of aliphatic hydroxyl groups is 2. The highest BCUT2D eigenvalue weighted by Crippen LogP contribution is 2.41. The van der Waals surface area contributed by atoms with Crippen LogP contribution in [-0.4, -0.2) is 55.0 Å². The maximum absolute atomic E-state index is 12.0. The molecule has 6 nitrogen and oxygen atoms in total. The highest BCUT2D eigenvalue weighted by molar-refractivity contribution is 5.78. The normalized spacial score (nSPS) is 37.2. The van der Waals surface area contributed by atoms with Crippen LogP contribution in [0.4, 0.5) is 0 Å². The number of hydrogen-bond acceptors (Lipinski definition) is 6. The van der Waals surface area contributed by atoms with E-state index in [0.717, 1.165) is 0 Å². The average Bonchev–Trinajstić information content (AvgIpc) is 2.47. The number of aliphatic hydroxyl groups excluding tert-OH is 2. The highest BCUT2D eigenvalue weighted by Gasteiger charge is 2.52. The third kappa shape index (κ3) is 3.14. The van der Waals surface area contributed by atoms with Gasteiger partial charge in [0.1, 0.15) is 0 Å². The Morgan fingerprint density at radius 3 is 2.50 bits per heavy atom. The van der Waals surface area contributed by atoms with Gasteiger partial charge in [0, 0.05) is 19.4 Å². The van der Waals surface area contributed by atoms with Gasteiger partial charge in [-0.25, -0.2) is 4.79 Å². The van der Waals surface area contributed by atoms with Gasteiger partial charge in [-0.3, -0.25) is 0 Å². The van der Waals surface area contributed by atoms with E-state index in [4.69, 9.17) is 19.3 Å². The van der Waals surface area contributed by atoms with Crippen molar-refractivity contribution in [3.8, 4) is 0 Å². The Balaban J connectivity index is 3.02. The summed E-state index contributed by atoms with van der Waals surface area (Å²) in [6, 6.07) is 0. The molecule has 1 heterocycles. The number of carbonyl (C=O) groups excluding carboxylic acids is 1. The molecule has 0 bridgehead atoms. The van der Waals surface area contributed by atoms with Crippen LogP contribution in [0.15, 0.2) is 0 Å². The van der Waals surface area contributed by atoms with Crippen molar-refractivity contribution in [2.24, 2.45) is 17.8 Å². The van der Waals surface area contributed by atoms with Crippen molar-refractivity contribution >= 4 is 5.97 Å². The Kier molecular flexibility index (Phi) is 5.94. The minimum absolute atomic E-state index is 0.124. The fourth-order valence-corrected chi connectivity index (χ4v) is 2.78. The number of carbonyl (C=O) groups is 1. The fraction of sp³-hybridized carbons (Fsp3) is 0.929. The van der Waals surface area contributed by atoms with E-state index in [9.17, 15) is 9.90 Å². The summed E-state index contributed by atoms with van der Waals surface area (Å²) < 4.78 is 16.0. The first kappa shape index (κ1) is 17.4. The van der Waals surface area contributed by atoms with Gasteiger partial charge in [-0.2, -0.15) is 0 Å². The maximum atomic E-state index is 12.0.